The van der Waals surface area contributed by atoms with Gasteiger partial charge in [-0.25, -0.2) is 15.0 Å². The highest BCUT2D eigenvalue weighted by atomic mass is 15.1. The van der Waals surface area contributed by atoms with Crippen LogP contribution in [0.5, 0.6) is 0 Å². The molecule has 0 amide bonds. The third-order valence-electron chi connectivity index (χ3n) is 16.1. The molecule has 0 atom stereocenters. The van der Waals surface area contributed by atoms with Gasteiger partial charge < -0.3 is 13.7 Å². The average Bonchev–Trinajstić information content (AvgIpc) is 4.26. The molecular formula is C71H64N6. The van der Waals surface area contributed by atoms with Gasteiger partial charge in [0.05, 0.1) is 50.2 Å². The maximum atomic E-state index is 5.63. The van der Waals surface area contributed by atoms with Gasteiger partial charge >= 0.3 is 0 Å². The Morgan fingerprint density at radius 3 is 0.961 bits per heavy atom. The summed E-state index contributed by atoms with van der Waals surface area (Å²) in [5.41, 5.74) is 22.1. The predicted octanol–water partition coefficient (Wildman–Crippen LogP) is 18.6. The van der Waals surface area contributed by atoms with Crippen LogP contribution in [0, 0.1) is 41.5 Å². The molecule has 0 saturated carbocycles. The lowest BCUT2D eigenvalue weighted by atomic mass is 9.85. The normalized spacial score (nSPS) is 12.4. The van der Waals surface area contributed by atoms with Crippen LogP contribution in [0.25, 0.3) is 117 Å². The zero-order chi connectivity index (χ0) is 53.4. The van der Waals surface area contributed by atoms with E-state index in [1.165, 1.54) is 54.6 Å². The van der Waals surface area contributed by atoms with Gasteiger partial charge in [-0.2, -0.15) is 0 Å². The number of nitrogens with zero attached hydrogens (tertiary/aromatic N) is 6. The number of rotatable bonds is 6. The Morgan fingerprint density at radius 2 is 0.623 bits per heavy atom. The SMILES string of the molecule is Cc1cc(C)c(-c2nc(-c3cc(-n4c5ccccc5c5ccccc54)c(-n4c5ccc(C(C)(C)C)cc5c5cc(C(C)(C)C)ccc54)c(-n4c5ccccc5c5ccccc54)c3)nc(-c3c(C)cc(C)cc3C)n2)c(C)c1. The molecule has 4 heterocycles. The van der Waals surface area contributed by atoms with Crippen LogP contribution in [0.3, 0.4) is 0 Å². The summed E-state index contributed by atoms with van der Waals surface area (Å²) in [4.78, 5) is 16.7. The monoisotopic (exact) mass is 1000 g/mol. The summed E-state index contributed by atoms with van der Waals surface area (Å²) in [7, 11) is 0. The van der Waals surface area contributed by atoms with Gasteiger partial charge in [0.25, 0.3) is 0 Å². The fourth-order valence-corrected chi connectivity index (χ4v) is 12.7. The summed E-state index contributed by atoms with van der Waals surface area (Å²) >= 11 is 0. The van der Waals surface area contributed by atoms with E-state index in [2.05, 4.69) is 267 Å². The van der Waals surface area contributed by atoms with Crippen molar-refractivity contribution in [2.75, 3.05) is 0 Å². The number of aryl methyl sites for hydroxylation is 6. The molecule has 77 heavy (non-hydrogen) atoms. The van der Waals surface area contributed by atoms with Gasteiger partial charge in [0, 0.05) is 49.0 Å². The Bertz CT molecular complexity index is 4160. The van der Waals surface area contributed by atoms with Gasteiger partial charge in [-0.15, -0.1) is 0 Å². The summed E-state index contributed by atoms with van der Waals surface area (Å²) in [6.07, 6.45) is 0. The van der Waals surface area contributed by atoms with E-state index in [9.17, 15) is 0 Å². The van der Waals surface area contributed by atoms with Crippen molar-refractivity contribution in [1.29, 1.82) is 0 Å². The fourth-order valence-electron chi connectivity index (χ4n) is 12.7. The van der Waals surface area contributed by atoms with E-state index in [4.69, 9.17) is 15.0 Å². The first kappa shape index (κ1) is 48.1. The molecule has 13 aromatic rings. The maximum absolute atomic E-state index is 5.63. The van der Waals surface area contributed by atoms with Gasteiger partial charge in [-0.1, -0.05) is 162 Å². The number of benzene rings is 9. The summed E-state index contributed by atoms with van der Waals surface area (Å²) in [5, 5.41) is 7.19. The van der Waals surface area contributed by atoms with E-state index in [1.807, 2.05) is 0 Å². The maximum Gasteiger partial charge on any atom is 0.164 e. The largest absolute Gasteiger partial charge is 0.307 e. The zero-order valence-electron chi connectivity index (χ0n) is 46.3. The minimum absolute atomic E-state index is 0.0677. The van der Waals surface area contributed by atoms with Crippen LogP contribution in [0.4, 0.5) is 0 Å². The second kappa shape index (κ2) is 17.5. The summed E-state index contributed by atoms with van der Waals surface area (Å²) < 4.78 is 7.56. The van der Waals surface area contributed by atoms with Crippen LogP contribution in [0.2, 0.25) is 0 Å². The van der Waals surface area contributed by atoms with Crippen molar-refractivity contribution in [1.82, 2.24) is 28.7 Å². The van der Waals surface area contributed by atoms with Crippen LogP contribution in [0.1, 0.15) is 86.1 Å². The number of aromatic nitrogens is 6. The Kier molecular flexibility index (Phi) is 10.9. The molecule has 9 aromatic carbocycles. The van der Waals surface area contributed by atoms with E-state index in [0.29, 0.717) is 17.5 Å². The van der Waals surface area contributed by atoms with Crippen LogP contribution in [0.15, 0.2) is 170 Å². The van der Waals surface area contributed by atoms with Crippen molar-refractivity contribution in [3.05, 3.63) is 214 Å². The van der Waals surface area contributed by atoms with Gasteiger partial charge in [-0.3, -0.25) is 0 Å². The Balaban J connectivity index is 1.27. The van der Waals surface area contributed by atoms with Crippen molar-refractivity contribution in [2.24, 2.45) is 0 Å². The standard InChI is InChI=1S/C71H64N6/c1-41-33-43(3)64(44(4)34-41)68-72-67(73-69(74-68)65-45(5)35-42(2)36-46(65)6)47-37-62(75-56-25-17-13-21-50(56)51-22-14-18-26-57(51)75)66(63(38-47)76-58-27-19-15-23-52(58)53-24-16-20-28-59(53)76)77-60-31-29-48(70(7,8)9)39-54(60)55-40-49(71(10,11)12)30-32-61(55)77/h13-40H,1-12H3. The Hall–Kier alpha value is -8.61. The van der Waals surface area contributed by atoms with Crippen LogP contribution in [-0.4, -0.2) is 28.7 Å². The lowest BCUT2D eigenvalue weighted by Crippen LogP contribution is -2.12. The van der Waals surface area contributed by atoms with E-state index >= 15 is 0 Å². The van der Waals surface area contributed by atoms with Crippen molar-refractivity contribution in [3.63, 3.8) is 0 Å². The summed E-state index contributed by atoms with van der Waals surface area (Å²) in [5.74, 6) is 1.92. The van der Waals surface area contributed by atoms with Crippen LogP contribution < -0.4 is 0 Å². The highest BCUT2D eigenvalue weighted by molar-refractivity contribution is 6.14. The molecule has 0 fully saturated rings. The summed E-state index contributed by atoms with van der Waals surface area (Å²) in [6, 6.07) is 63.4. The number of para-hydroxylation sites is 4. The lowest BCUT2D eigenvalue weighted by molar-refractivity contribution is 0.590. The zero-order valence-corrected chi connectivity index (χ0v) is 46.3. The smallest absolute Gasteiger partial charge is 0.164 e. The van der Waals surface area contributed by atoms with Gasteiger partial charge in [-0.05, 0) is 146 Å². The summed E-state index contributed by atoms with van der Waals surface area (Å²) in [6.45, 7) is 26.9. The third kappa shape index (κ3) is 7.70. The molecule has 6 heteroatoms. The molecule has 13 rings (SSSR count). The minimum atomic E-state index is -0.0677. The molecule has 6 nitrogen and oxygen atoms in total. The predicted molar refractivity (Wildman–Crippen MR) is 325 cm³/mol. The molecule has 4 aromatic heterocycles. The minimum Gasteiger partial charge on any atom is -0.307 e. The van der Waals surface area contributed by atoms with Crippen LogP contribution in [-0.2, 0) is 10.8 Å². The van der Waals surface area contributed by atoms with Crippen molar-refractivity contribution in [2.45, 2.75) is 93.9 Å². The molecule has 0 aliphatic heterocycles. The van der Waals surface area contributed by atoms with E-state index in [1.54, 1.807) is 0 Å². The molecule has 0 spiro atoms. The molecule has 0 radical (unpaired) electrons. The molecule has 0 aliphatic rings. The highest BCUT2D eigenvalue weighted by Gasteiger charge is 2.29. The topological polar surface area (TPSA) is 53.5 Å². The van der Waals surface area contributed by atoms with Crippen molar-refractivity contribution >= 4 is 65.4 Å². The number of hydrogen-bond donors (Lipinski definition) is 0. The first-order valence-corrected chi connectivity index (χ1v) is 27.1. The molecule has 0 N–H and O–H groups in total. The van der Waals surface area contributed by atoms with Gasteiger partial charge in [0.15, 0.2) is 17.5 Å². The molecule has 0 saturated heterocycles. The first-order valence-electron chi connectivity index (χ1n) is 27.1. The van der Waals surface area contributed by atoms with Gasteiger partial charge in [0.2, 0.25) is 0 Å². The van der Waals surface area contributed by atoms with E-state index in [-0.39, 0.29) is 10.8 Å². The van der Waals surface area contributed by atoms with Gasteiger partial charge in [0.1, 0.15) is 0 Å². The average molecular weight is 1000 g/mol. The highest BCUT2D eigenvalue weighted by Crippen LogP contribution is 2.46. The molecular weight excluding hydrogens is 937 g/mol. The van der Waals surface area contributed by atoms with Crippen molar-refractivity contribution in [3.8, 4) is 51.2 Å². The fraction of sp³-hybridized carbons (Fsp3) is 0.197. The Labute approximate surface area is 451 Å². The van der Waals surface area contributed by atoms with E-state index in [0.717, 1.165) is 89.1 Å². The van der Waals surface area contributed by atoms with Crippen LogP contribution >= 0.6 is 0 Å². The molecule has 378 valence electrons. The first-order chi connectivity index (χ1) is 36.9. The molecule has 0 unspecified atom stereocenters. The number of fused-ring (bicyclic) bond motifs is 9. The quantitative estimate of drug-likeness (QED) is 0.167. The third-order valence-corrected chi connectivity index (χ3v) is 16.1. The molecule has 0 bridgehead atoms. The number of hydrogen-bond acceptors (Lipinski definition) is 3. The lowest BCUT2D eigenvalue weighted by Gasteiger charge is -2.24. The van der Waals surface area contributed by atoms with Crippen molar-refractivity contribution < 1.29 is 0 Å². The second-order valence-corrected chi connectivity index (χ2v) is 23.8. The second-order valence-electron chi connectivity index (χ2n) is 23.8. The molecule has 0 aliphatic carbocycles. The van der Waals surface area contributed by atoms with E-state index < -0.39 is 0 Å². The Morgan fingerprint density at radius 1 is 0.312 bits per heavy atom.